The van der Waals surface area contributed by atoms with Gasteiger partial charge in [0.05, 0.1) is 0 Å². The lowest BCUT2D eigenvalue weighted by molar-refractivity contribution is 0.561. The first kappa shape index (κ1) is 9.85. The van der Waals surface area contributed by atoms with Gasteiger partial charge in [0.2, 0.25) is 0 Å². The molecule has 2 heteroatoms. The molecule has 0 bridgehead atoms. The van der Waals surface area contributed by atoms with E-state index in [1.807, 2.05) is 54.6 Å². The van der Waals surface area contributed by atoms with Crippen LogP contribution in [0.15, 0.2) is 69.9 Å². The second-order valence-electron chi connectivity index (χ2n) is 3.84. The summed E-state index contributed by atoms with van der Waals surface area (Å²) < 4.78 is 5.17. The molecule has 0 saturated heterocycles. The molecule has 0 atom stereocenters. The van der Waals surface area contributed by atoms with Gasteiger partial charge in [-0.15, -0.1) is 0 Å². The van der Waals surface area contributed by atoms with Crippen LogP contribution < -0.4 is 5.63 Å². The molecule has 0 aliphatic carbocycles. The fourth-order valence-corrected chi connectivity index (χ4v) is 1.97. The zero-order valence-corrected chi connectivity index (χ0v) is 9.09. The van der Waals surface area contributed by atoms with Crippen molar-refractivity contribution in [1.29, 1.82) is 0 Å². The molecule has 0 amide bonds. The first-order valence-corrected chi connectivity index (χ1v) is 5.43. The lowest BCUT2D eigenvalue weighted by atomic mass is 10.0. The fraction of sp³-hybridized carbons (Fsp3) is 0. The van der Waals surface area contributed by atoms with Crippen molar-refractivity contribution in [3.63, 3.8) is 0 Å². The highest BCUT2D eigenvalue weighted by Crippen LogP contribution is 2.26. The highest BCUT2D eigenvalue weighted by molar-refractivity contribution is 5.92. The predicted octanol–water partition coefficient (Wildman–Crippen LogP) is 3.46. The van der Waals surface area contributed by atoms with E-state index in [0.717, 1.165) is 16.5 Å². The summed E-state index contributed by atoms with van der Waals surface area (Å²) >= 11 is 0. The average molecular weight is 222 g/mol. The van der Waals surface area contributed by atoms with Gasteiger partial charge in [0.15, 0.2) is 0 Å². The van der Waals surface area contributed by atoms with E-state index in [4.69, 9.17) is 4.42 Å². The molecule has 1 heterocycles. The molecule has 0 saturated carbocycles. The zero-order valence-electron chi connectivity index (χ0n) is 9.09. The Morgan fingerprint density at radius 1 is 0.824 bits per heavy atom. The fourth-order valence-electron chi connectivity index (χ4n) is 1.97. The Hall–Kier alpha value is -2.35. The van der Waals surface area contributed by atoms with Crippen molar-refractivity contribution < 1.29 is 4.42 Å². The summed E-state index contributed by atoms with van der Waals surface area (Å²) in [6.07, 6.45) is 0. The van der Waals surface area contributed by atoms with Crippen LogP contribution in [0.25, 0.3) is 22.1 Å². The minimum atomic E-state index is -0.317. The predicted molar refractivity (Wildman–Crippen MR) is 67.9 cm³/mol. The summed E-state index contributed by atoms with van der Waals surface area (Å²) in [5.74, 6) is 0. The second kappa shape index (κ2) is 3.91. The van der Waals surface area contributed by atoms with Crippen LogP contribution in [0.5, 0.6) is 0 Å². The van der Waals surface area contributed by atoms with Gasteiger partial charge in [-0.2, -0.15) is 0 Å². The molecular weight excluding hydrogens is 212 g/mol. The summed E-state index contributed by atoms with van der Waals surface area (Å²) in [5, 5.41) is 0.957. The first-order valence-electron chi connectivity index (χ1n) is 5.43. The number of fused-ring (bicyclic) bond motifs is 1. The van der Waals surface area contributed by atoms with Crippen LogP contribution >= 0.6 is 0 Å². The van der Waals surface area contributed by atoms with E-state index in [0.29, 0.717) is 5.58 Å². The van der Waals surface area contributed by atoms with Gasteiger partial charge in [-0.1, -0.05) is 48.5 Å². The Labute approximate surface area is 98.1 Å². The third-order valence-electron chi connectivity index (χ3n) is 2.73. The third kappa shape index (κ3) is 1.74. The first-order chi connectivity index (χ1) is 8.34. The Morgan fingerprint density at radius 3 is 2.35 bits per heavy atom. The van der Waals surface area contributed by atoms with E-state index in [1.165, 1.54) is 6.07 Å². The van der Waals surface area contributed by atoms with E-state index in [-0.39, 0.29) is 5.63 Å². The molecule has 1 aromatic heterocycles. The molecule has 0 fully saturated rings. The summed E-state index contributed by atoms with van der Waals surface area (Å²) in [6.45, 7) is 0. The van der Waals surface area contributed by atoms with E-state index in [1.54, 1.807) is 0 Å². The molecule has 0 aliphatic rings. The number of hydrogen-bond acceptors (Lipinski definition) is 2. The van der Waals surface area contributed by atoms with Crippen molar-refractivity contribution in [3.05, 3.63) is 71.1 Å². The highest BCUT2D eigenvalue weighted by atomic mass is 16.4. The van der Waals surface area contributed by atoms with Crippen molar-refractivity contribution in [2.24, 2.45) is 0 Å². The van der Waals surface area contributed by atoms with Crippen LogP contribution in [0, 0.1) is 0 Å². The van der Waals surface area contributed by atoms with E-state index in [9.17, 15) is 4.79 Å². The van der Waals surface area contributed by atoms with Gasteiger partial charge >= 0.3 is 5.63 Å². The maximum absolute atomic E-state index is 11.5. The summed E-state index contributed by atoms with van der Waals surface area (Å²) in [6, 6.07) is 19.0. The smallest absolute Gasteiger partial charge is 0.336 e. The molecule has 2 nitrogen and oxygen atoms in total. The Morgan fingerprint density at radius 2 is 1.53 bits per heavy atom. The van der Waals surface area contributed by atoms with Gasteiger partial charge in [0.1, 0.15) is 5.58 Å². The van der Waals surface area contributed by atoms with Gasteiger partial charge in [-0.25, -0.2) is 4.79 Å². The van der Waals surface area contributed by atoms with Crippen molar-refractivity contribution in [3.8, 4) is 11.1 Å². The largest absolute Gasteiger partial charge is 0.423 e. The average Bonchev–Trinajstić information content (AvgIpc) is 2.39. The second-order valence-corrected chi connectivity index (χ2v) is 3.84. The minimum absolute atomic E-state index is 0.317. The molecule has 0 spiro atoms. The minimum Gasteiger partial charge on any atom is -0.423 e. The topological polar surface area (TPSA) is 30.2 Å². The number of hydrogen-bond donors (Lipinski definition) is 0. The number of rotatable bonds is 1. The van der Waals surface area contributed by atoms with Crippen molar-refractivity contribution in [2.45, 2.75) is 0 Å². The quantitative estimate of drug-likeness (QED) is 0.590. The van der Waals surface area contributed by atoms with Crippen LogP contribution in [-0.2, 0) is 0 Å². The lowest BCUT2D eigenvalue weighted by Crippen LogP contribution is -1.97. The highest BCUT2D eigenvalue weighted by Gasteiger charge is 2.06. The molecule has 0 aliphatic heterocycles. The molecule has 82 valence electrons. The molecule has 2 aromatic carbocycles. The van der Waals surface area contributed by atoms with Crippen LogP contribution in [-0.4, -0.2) is 0 Å². The van der Waals surface area contributed by atoms with Gasteiger partial charge in [0.25, 0.3) is 0 Å². The molecule has 17 heavy (non-hydrogen) atoms. The molecule has 3 rings (SSSR count). The maximum atomic E-state index is 11.5. The summed E-state index contributed by atoms with van der Waals surface area (Å²) in [7, 11) is 0. The molecule has 0 unspecified atom stereocenters. The number of para-hydroxylation sites is 1. The van der Waals surface area contributed by atoms with Crippen LogP contribution in [0.2, 0.25) is 0 Å². The Balaban J connectivity index is 2.40. The third-order valence-corrected chi connectivity index (χ3v) is 2.73. The van der Waals surface area contributed by atoms with Crippen LogP contribution in [0.4, 0.5) is 0 Å². The molecule has 0 N–H and O–H groups in total. The van der Waals surface area contributed by atoms with Gasteiger partial charge in [0, 0.05) is 11.5 Å². The van der Waals surface area contributed by atoms with Gasteiger partial charge < -0.3 is 4.42 Å². The van der Waals surface area contributed by atoms with Gasteiger partial charge in [-0.3, -0.25) is 0 Å². The van der Waals surface area contributed by atoms with E-state index in [2.05, 4.69) is 0 Å². The maximum Gasteiger partial charge on any atom is 0.336 e. The number of benzene rings is 2. The Kier molecular flexibility index (Phi) is 2.26. The Bertz CT molecular complexity index is 712. The zero-order chi connectivity index (χ0) is 11.7. The standard InChI is InChI=1S/C15H10O2/c16-15-10-13(11-6-2-1-3-7-11)12-8-4-5-9-14(12)17-15/h1-10H. The van der Waals surface area contributed by atoms with Crippen LogP contribution in [0.1, 0.15) is 0 Å². The van der Waals surface area contributed by atoms with Crippen molar-refractivity contribution in [2.75, 3.05) is 0 Å². The van der Waals surface area contributed by atoms with E-state index >= 15 is 0 Å². The summed E-state index contributed by atoms with van der Waals surface area (Å²) in [4.78, 5) is 11.5. The van der Waals surface area contributed by atoms with Crippen molar-refractivity contribution in [1.82, 2.24) is 0 Å². The lowest BCUT2D eigenvalue weighted by Gasteiger charge is -2.04. The molecule has 0 radical (unpaired) electrons. The van der Waals surface area contributed by atoms with Gasteiger partial charge in [-0.05, 0) is 17.2 Å². The van der Waals surface area contributed by atoms with Crippen LogP contribution in [0.3, 0.4) is 0 Å². The molecular formula is C15H10O2. The monoisotopic (exact) mass is 222 g/mol. The van der Waals surface area contributed by atoms with E-state index < -0.39 is 0 Å². The normalized spacial score (nSPS) is 10.6. The summed E-state index contributed by atoms with van der Waals surface area (Å²) in [5.41, 5.74) is 2.25. The molecule has 3 aromatic rings. The van der Waals surface area contributed by atoms with Crippen molar-refractivity contribution >= 4 is 11.0 Å². The SMILES string of the molecule is O=c1cc(-c2ccccc2)c2ccccc2o1.